The summed E-state index contributed by atoms with van der Waals surface area (Å²) in [4.78, 5) is 25.9. The number of hydrogen-bond acceptors (Lipinski definition) is 3. The molecule has 0 aromatic heterocycles. The van der Waals surface area contributed by atoms with Gasteiger partial charge in [0, 0.05) is 29.2 Å². The molecule has 1 saturated heterocycles. The summed E-state index contributed by atoms with van der Waals surface area (Å²) in [5.41, 5.74) is 0.751. The molecule has 24 heavy (non-hydrogen) atoms. The van der Waals surface area contributed by atoms with Crippen LogP contribution in [0, 0.1) is 5.92 Å². The largest absolute Gasteiger partial charge is 0.480 e. The Hall–Kier alpha value is -1.40. The average molecular weight is 395 g/mol. The molecule has 5 nitrogen and oxygen atoms in total. The minimum atomic E-state index is -0.753. The van der Waals surface area contributed by atoms with Crippen LogP contribution in [0.5, 0.6) is 0 Å². The lowest BCUT2D eigenvalue weighted by Crippen LogP contribution is -2.43. The number of fused-ring (bicyclic) bond motifs is 1. The number of amides is 1. The highest BCUT2D eigenvalue weighted by molar-refractivity contribution is 9.10. The molecule has 1 amide bonds. The zero-order valence-electron chi connectivity index (χ0n) is 13.6. The number of anilines is 1. The maximum absolute atomic E-state index is 12.2. The lowest BCUT2D eigenvalue weighted by atomic mass is 9.85. The van der Waals surface area contributed by atoms with Crippen LogP contribution >= 0.6 is 15.9 Å². The lowest BCUT2D eigenvalue weighted by molar-refractivity contribution is -0.143. The fourth-order valence-electron chi connectivity index (χ4n) is 4.14. The molecule has 2 fully saturated rings. The van der Waals surface area contributed by atoms with E-state index in [1.165, 1.54) is 6.42 Å². The van der Waals surface area contributed by atoms with E-state index < -0.39 is 12.0 Å². The van der Waals surface area contributed by atoms with Crippen molar-refractivity contribution in [2.24, 2.45) is 5.92 Å². The number of hydrogen-bond donors (Lipinski definition) is 2. The first kappa shape index (κ1) is 17.4. The predicted octanol–water partition coefficient (Wildman–Crippen LogP) is 3.50. The minimum absolute atomic E-state index is 0.0727. The molecule has 0 spiro atoms. The quantitative estimate of drug-likeness (QED) is 0.801. The highest BCUT2D eigenvalue weighted by Crippen LogP contribution is 2.39. The van der Waals surface area contributed by atoms with Crippen LogP contribution in [0.15, 0.2) is 28.7 Å². The standard InChI is InChI=1S/C18H23BrN2O3/c19-13-5-3-6-14(11-13)20-17(22)8-9-21-15-7-2-1-4-12(15)10-16(21)18(23)24/h3,5-6,11-12,15-16H,1-2,4,7-10H2,(H,20,22)(H,23,24). The van der Waals surface area contributed by atoms with Gasteiger partial charge in [0.05, 0.1) is 0 Å². The summed E-state index contributed by atoms with van der Waals surface area (Å²) in [5, 5.41) is 12.4. The maximum atomic E-state index is 12.2. The van der Waals surface area contributed by atoms with Crippen molar-refractivity contribution in [1.82, 2.24) is 4.90 Å². The van der Waals surface area contributed by atoms with Gasteiger partial charge >= 0.3 is 5.97 Å². The highest BCUT2D eigenvalue weighted by atomic mass is 79.9. The first-order valence-electron chi connectivity index (χ1n) is 8.58. The summed E-state index contributed by atoms with van der Waals surface area (Å²) in [6.45, 7) is 0.512. The van der Waals surface area contributed by atoms with Crippen LogP contribution in [0.1, 0.15) is 38.5 Å². The van der Waals surface area contributed by atoms with Gasteiger partial charge in [0.2, 0.25) is 5.91 Å². The third-order valence-corrected chi connectivity index (χ3v) is 5.71. The van der Waals surface area contributed by atoms with Crippen LogP contribution in [-0.2, 0) is 9.59 Å². The van der Waals surface area contributed by atoms with Crippen molar-refractivity contribution in [2.75, 3.05) is 11.9 Å². The molecule has 3 rings (SSSR count). The van der Waals surface area contributed by atoms with E-state index in [-0.39, 0.29) is 5.91 Å². The Labute approximate surface area is 150 Å². The van der Waals surface area contributed by atoms with Crippen molar-refractivity contribution in [3.05, 3.63) is 28.7 Å². The molecule has 1 aliphatic carbocycles. The minimum Gasteiger partial charge on any atom is -0.480 e. The van der Waals surface area contributed by atoms with Gasteiger partial charge in [0.25, 0.3) is 0 Å². The number of nitrogens with one attached hydrogen (secondary N) is 1. The maximum Gasteiger partial charge on any atom is 0.320 e. The first-order chi connectivity index (χ1) is 11.5. The molecule has 0 bridgehead atoms. The number of aliphatic carboxylic acids is 1. The zero-order chi connectivity index (χ0) is 17.1. The first-order valence-corrected chi connectivity index (χ1v) is 9.38. The van der Waals surface area contributed by atoms with E-state index in [1.54, 1.807) is 0 Å². The molecular formula is C18H23BrN2O3. The van der Waals surface area contributed by atoms with Gasteiger partial charge in [-0.3, -0.25) is 14.5 Å². The molecule has 0 radical (unpaired) electrons. The lowest BCUT2D eigenvalue weighted by Gasteiger charge is -2.32. The predicted molar refractivity (Wildman–Crippen MR) is 95.9 cm³/mol. The smallest absolute Gasteiger partial charge is 0.320 e. The molecule has 3 unspecified atom stereocenters. The number of carbonyl (C=O) groups excluding carboxylic acids is 1. The molecule has 1 aromatic carbocycles. The van der Waals surface area contributed by atoms with Crippen molar-refractivity contribution in [1.29, 1.82) is 0 Å². The van der Waals surface area contributed by atoms with Crippen molar-refractivity contribution >= 4 is 33.5 Å². The van der Waals surface area contributed by atoms with E-state index in [9.17, 15) is 14.7 Å². The normalized spacial score (nSPS) is 26.8. The Bertz CT molecular complexity index is 622. The Kier molecular flexibility index (Phi) is 5.56. The van der Waals surface area contributed by atoms with Gasteiger partial charge in [0.15, 0.2) is 0 Å². The molecule has 1 saturated carbocycles. The molecule has 3 atom stereocenters. The van der Waals surface area contributed by atoms with E-state index in [0.717, 1.165) is 35.8 Å². The van der Waals surface area contributed by atoms with Crippen LogP contribution in [0.2, 0.25) is 0 Å². The van der Waals surface area contributed by atoms with Gasteiger partial charge in [-0.05, 0) is 43.4 Å². The van der Waals surface area contributed by atoms with E-state index in [0.29, 0.717) is 24.9 Å². The average Bonchev–Trinajstić information content (AvgIpc) is 2.92. The van der Waals surface area contributed by atoms with Crippen LogP contribution in [0.3, 0.4) is 0 Å². The topological polar surface area (TPSA) is 69.6 Å². The van der Waals surface area contributed by atoms with Crippen LogP contribution in [0.25, 0.3) is 0 Å². The molecule has 1 aliphatic heterocycles. The van der Waals surface area contributed by atoms with Crippen LogP contribution in [-0.4, -0.2) is 40.5 Å². The van der Waals surface area contributed by atoms with Gasteiger partial charge in [-0.2, -0.15) is 0 Å². The number of carboxylic acid groups (broad SMARTS) is 1. The summed E-state index contributed by atoms with van der Waals surface area (Å²) in [7, 11) is 0. The Balaban J connectivity index is 1.59. The van der Waals surface area contributed by atoms with E-state index in [4.69, 9.17) is 0 Å². The number of carboxylic acids is 1. The number of rotatable bonds is 5. The molecule has 2 N–H and O–H groups in total. The number of benzene rings is 1. The van der Waals surface area contributed by atoms with E-state index >= 15 is 0 Å². The fraction of sp³-hybridized carbons (Fsp3) is 0.556. The number of halogens is 1. The third-order valence-electron chi connectivity index (χ3n) is 5.21. The van der Waals surface area contributed by atoms with Crippen molar-refractivity contribution in [3.8, 4) is 0 Å². The molecule has 2 aliphatic rings. The number of carbonyl (C=O) groups is 2. The van der Waals surface area contributed by atoms with Gasteiger partial charge in [0.1, 0.15) is 6.04 Å². The summed E-state index contributed by atoms with van der Waals surface area (Å²) in [5.74, 6) is -0.346. The third kappa shape index (κ3) is 3.98. The van der Waals surface area contributed by atoms with Crippen molar-refractivity contribution in [3.63, 3.8) is 0 Å². The second-order valence-electron chi connectivity index (χ2n) is 6.75. The molecular weight excluding hydrogens is 372 g/mol. The Morgan fingerprint density at radius 1 is 1.29 bits per heavy atom. The molecule has 1 heterocycles. The molecule has 130 valence electrons. The summed E-state index contributed by atoms with van der Waals surface area (Å²) >= 11 is 3.38. The summed E-state index contributed by atoms with van der Waals surface area (Å²) in [6.07, 6.45) is 5.59. The Morgan fingerprint density at radius 2 is 2.08 bits per heavy atom. The van der Waals surface area contributed by atoms with Gasteiger partial charge in [-0.1, -0.05) is 34.8 Å². The molecule has 1 aromatic rings. The second kappa shape index (κ2) is 7.66. The summed E-state index contributed by atoms with van der Waals surface area (Å²) < 4.78 is 0.913. The van der Waals surface area contributed by atoms with E-state index in [1.807, 2.05) is 24.3 Å². The monoisotopic (exact) mass is 394 g/mol. The number of nitrogens with zero attached hydrogens (tertiary/aromatic N) is 1. The van der Waals surface area contributed by atoms with Crippen LogP contribution in [0.4, 0.5) is 5.69 Å². The Morgan fingerprint density at radius 3 is 2.83 bits per heavy atom. The SMILES string of the molecule is O=C(CCN1C(C(=O)O)CC2CCCCC21)Nc1cccc(Br)c1. The van der Waals surface area contributed by atoms with E-state index in [2.05, 4.69) is 26.1 Å². The fourth-order valence-corrected chi connectivity index (χ4v) is 4.54. The van der Waals surface area contributed by atoms with Gasteiger partial charge in [-0.15, -0.1) is 0 Å². The van der Waals surface area contributed by atoms with Crippen molar-refractivity contribution < 1.29 is 14.7 Å². The zero-order valence-corrected chi connectivity index (χ0v) is 15.2. The highest BCUT2D eigenvalue weighted by Gasteiger charge is 2.44. The van der Waals surface area contributed by atoms with Crippen molar-refractivity contribution in [2.45, 2.75) is 50.6 Å². The van der Waals surface area contributed by atoms with Gasteiger partial charge in [-0.25, -0.2) is 0 Å². The second-order valence-corrected chi connectivity index (χ2v) is 7.66. The van der Waals surface area contributed by atoms with Gasteiger partial charge < -0.3 is 10.4 Å². The molecule has 6 heteroatoms. The number of likely N-dealkylation sites (tertiary alicyclic amines) is 1. The summed E-state index contributed by atoms with van der Waals surface area (Å²) in [6, 6.07) is 7.37. The van der Waals surface area contributed by atoms with Crippen LogP contribution < -0.4 is 5.32 Å².